The molecule has 0 unspecified atom stereocenters. The van der Waals surface area contributed by atoms with Crippen LogP contribution in [0.25, 0.3) is 11.1 Å². The number of carbonyl (C=O) groups is 1. The summed E-state index contributed by atoms with van der Waals surface area (Å²) in [5, 5.41) is 2.92. The lowest BCUT2D eigenvalue weighted by atomic mass is 9.98. The number of carbonyl (C=O) groups excluding carboxylic acids is 1. The molecule has 0 bridgehead atoms. The molecule has 0 aliphatic heterocycles. The first-order valence-corrected chi connectivity index (χ1v) is 9.27. The van der Waals surface area contributed by atoms with Crippen LogP contribution in [0.1, 0.15) is 11.1 Å². The Labute approximate surface area is 165 Å². The van der Waals surface area contributed by atoms with E-state index in [1.807, 2.05) is 18.2 Å². The summed E-state index contributed by atoms with van der Waals surface area (Å²) in [6.07, 6.45) is 1.62. The van der Waals surface area contributed by atoms with Gasteiger partial charge in [0.05, 0.1) is 0 Å². The van der Waals surface area contributed by atoms with Gasteiger partial charge in [-0.25, -0.2) is 0 Å². The monoisotopic (exact) mass is 375 g/mol. The second-order valence-corrected chi connectivity index (χ2v) is 7.04. The number of amides is 1. The number of pyridine rings is 1. The van der Waals surface area contributed by atoms with E-state index in [2.05, 4.69) is 54.6 Å². The first-order chi connectivity index (χ1) is 13.5. The Morgan fingerprint density at radius 1 is 0.964 bits per heavy atom. The highest BCUT2D eigenvalue weighted by Gasteiger charge is 2.08. The summed E-state index contributed by atoms with van der Waals surface area (Å²) in [6, 6.07) is 21.4. The maximum atomic E-state index is 12.3. The summed E-state index contributed by atoms with van der Waals surface area (Å²) in [4.78, 5) is 26.1. The highest BCUT2D eigenvalue weighted by Crippen LogP contribution is 2.24. The van der Waals surface area contributed by atoms with Gasteiger partial charge < -0.3 is 14.8 Å². The molecule has 5 heteroatoms. The fourth-order valence-electron chi connectivity index (χ4n) is 3.11. The number of aromatic nitrogens is 1. The van der Waals surface area contributed by atoms with Crippen LogP contribution < -0.4 is 10.9 Å². The average Bonchev–Trinajstić information content (AvgIpc) is 2.69. The number of nitrogens with zero attached hydrogens (tertiary/aromatic N) is 2. The highest BCUT2D eigenvalue weighted by molar-refractivity contribution is 5.76. The minimum atomic E-state index is -0.190. The third-order valence-corrected chi connectivity index (χ3v) is 4.47. The van der Waals surface area contributed by atoms with E-state index in [4.69, 9.17) is 0 Å². The fraction of sp³-hybridized carbons (Fsp3) is 0.217. The molecule has 2 aromatic carbocycles. The zero-order chi connectivity index (χ0) is 19.9. The zero-order valence-corrected chi connectivity index (χ0v) is 16.3. The molecule has 0 atom stereocenters. The molecule has 0 aliphatic rings. The maximum Gasteiger partial charge on any atom is 0.250 e. The van der Waals surface area contributed by atoms with Gasteiger partial charge in [0.15, 0.2) is 0 Å². The lowest BCUT2D eigenvalue weighted by molar-refractivity contribution is -0.121. The van der Waals surface area contributed by atoms with Gasteiger partial charge in [0.1, 0.15) is 6.54 Å². The molecule has 144 valence electrons. The van der Waals surface area contributed by atoms with E-state index in [-0.39, 0.29) is 18.0 Å². The molecule has 0 saturated carbocycles. The van der Waals surface area contributed by atoms with Gasteiger partial charge >= 0.3 is 0 Å². The van der Waals surface area contributed by atoms with Crippen LogP contribution in [0, 0.1) is 0 Å². The Bertz CT molecular complexity index is 991. The number of rotatable bonds is 7. The van der Waals surface area contributed by atoms with Crippen molar-refractivity contribution >= 4 is 5.91 Å². The van der Waals surface area contributed by atoms with Crippen molar-refractivity contribution in [3.05, 3.63) is 94.4 Å². The summed E-state index contributed by atoms with van der Waals surface area (Å²) in [7, 11) is 4.10. The fourth-order valence-corrected chi connectivity index (χ4v) is 3.11. The minimum absolute atomic E-state index is 0.0150. The quantitative estimate of drug-likeness (QED) is 0.691. The number of nitrogens with one attached hydrogen (secondary N) is 1. The van der Waals surface area contributed by atoms with Crippen LogP contribution in [0.2, 0.25) is 0 Å². The van der Waals surface area contributed by atoms with E-state index < -0.39 is 0 Å². The van der Waals surface area contributed by atoms with Crippen LogP contribution in [0.15, 0.2) is 77.7 Å². The van der Waals surface area contributed by atoms with Crippen LogP contribution in [-0.4, -0.2) is 29.5 Å². The third-order valence-electron chi connectivity index (χ3n) is 4.47. The van der Waals surface area contributed by atoms with Crippen molar-refractivity contribution in [3.8, 4) is 11.1 Å². The molecule has 0 fully saturated rings. The van der Waals surface area contributed by atoms with E-state index in [0.717, 1.165) is 23.2 Å². The Hall–Kier alpha value is -3.18. The second kappa shape index (κ2) is 9.15. The molecule has 3 rings (SSSR count). The van der Waals surface area contributed by atoms with Crippen molar-refractivity contribution in [1.29, 1.82) is 0 Å². The second-order valence-electron chi connectivity index (χ2n) is 7.04. The van der Waals surface area contributed by atoms with Gasteiger partial charge in [0.2, 0.25) is 5.91 Å². The predicted octanol–water partition coefficient (Wildman–Crippen LogP) is 2.89. The van der Waals surface area contributed by atoms with Gasteiger partial charge in [-0.2, -0.15) is 0 Å². The molecule has 0 saturated heterocycles. The molecule has 0 aliphatic carbocycles. The topological polar surface area (TPSA) is 54.3 Å². The van der Waals surface area contributed by atoms with Gasteiger partial charge in [-0.05, 0) is 42.4 Å². The highest BCUT2D eigenvalue weighted by atomic mass is 16.2. The number of hydrogen-bond acceptors (Lipinski definition) is 3. The van der Waals surface area contributed by atoms with Gasteiger partial charge in [-0.15, -0.1) is 0 Å². The predicted molar refractivity (Wildman–Crippen MR) is 112 cm³/mol. The molecule has 1 amide bonds. The molecular weight excluding hydrogens is 350 g/mol. The summed E-state index contributed by atoms with van der Waals surface area (Å²) < 4.78 is 1.39. The van der Waals surface area contributed by atoms with E-state index in [9.17, 15) is 9.59 Å². The van der Waals surface area contributed by atoms with E-state index in [1.54, 1.807) is 18.3 Å². The SMILES string of the molecule is CN(C)Cc1ccc(-c2ccccc2CNC(=O)Cn2ccccc2=O)cc1. The first kappa shape index (κ1) is 19.6. The van der Waals surface area contributed by atoms with Gasteiger partial charge in [-0.3, -0.25) is 9.59 Å². The van der Waals surface area contributed by atoms with E-state index >= 15 is 0 Å². The van der Waals surface area contributed by atoms with Crippen molar-refractivity contribution in [2.24, 2.45) is 0 Å². The Kier molecular flexibility index (Phi) is 6.40. The Morgan fingerprint density at radius 2 is 1.68 bits per heavy atom. The maximum absolute atomic E-state index is 12.3. The van der Waals surface area contributed by atoms with Crippen molar-refractivity contribution in [1.82, 2.24) is 14.8 Å². The molecule has 1 aromatic heterocycles. The van der Waals surface area contributed by atoms with Gasteiger partial charge in [0, 0.05) is 25.4 Å². The van der Waals surface area contributed by atoms with Gasteiger partial charge in [0.25, 0.3) is 5.56 Å². The molecule has 1 N–H and O–H groups in total. The molecule has 0 spiro atoms. The summed E-state index contributed by atoms with van der Waals surface area (Å²) in [6.45, 7) is 1.33. The molecule has 28 heavy (non-hydrogen) atoms. The van der Waals surface area contributed by atoms with E-state index in [0.29, 0.717) is 6.54 Å². The van der Waals surface area contributed by atoms with Crippen molar-refractivity contribution in [3.63, 3.8) is 0 Å². The summed E-state index contributed by atoms with van der Waals surface area (Å²) >= 11 is 0. The van der Waals surface area contributed by atoms with Crippen molar-refractivity contribution in [2.45, 2.75) is 19.6 Å². The number of hydrogen-bond donors (Lipinski definition) is 1. The van der Waals surface area contributed by atoms with Crippen LogP contribution in [0.3, 0.4) is 0 Å². The van der Waals surface area contributed by atoms with E-state index in [1.165, 1.54) is 16.2 Å². The Morgan fingerprint density at radius 3 is 2.39 bits per heavy atom. The van der Waals surface area contributed by atoms with Crippen molar-refractivity contribution in [2.75, 3.05) is 14.1 Å². The third kappa shape index (κ3) is 5.18. The normalized spacial score (nSPS) is 10.8. The Balaban J connectivity index is 1.69. The van der Waals surface area contributed by atoms with Gasteiger partial charge in [-0.1, -0.05) is 54.6 Å². The molecule has 1 heterocycles. The van der Waals surface area contributed by atoms with Crippen LogP contribution in [0.5, 0.6) is 0 Å². The van der Waals surface area contributed by atoms with Crippen LogP contribution >= 0.6 is 0 Å². The molecule has 0 radical (unpaired) electrons. The first-order valence-electron chi connectivity index (χ1n) is 9.27. The molecular formula is C23H25N3O2. The lowest BCUT2D eigenvalue weighted by Gasteiger charge is -2.13. The zero-order valence-electron chi connectivity index (χ0n) is 16.3. The van der Waals surface area contributed by atoms with Crippen LogP contribution in [-0.2, 0) is 24.4 Å². The minimum Gasteiger partial charge on any atom is -0.350 e. The summed E-state index contributed by atoms with van der Waals surface area (Å²) in [5.41, 5.74) is 4.32. The largest absolute Gasteiger partial charge is 0.350 e. The smallest absolute Gasteiger partial charge is 0.250 e. The molecule has 5 nitrogen and oxygen atoms in total. The number of benzene rings is 2. The lowest BCUT2D eigenvalue weighted by Crippen LogP contribution is -2.31. The standard InChI is InChI=1S/C23H25N3O2/c1-25(2)16-18-10-12-19(13-11-18)21-8-4-3-7-20(21)15-24-22(27)17-26-14-6-5-9-23(26)28/h3-14H,15-17H2,1-2H3,(H,24,27). The van der Waals surface area contributed by atoms with Crippen molar-refractivity contribution < 1.29 is 4.79 Å². The van der Waals surface area contributed by atoms with Crippen LogP contribution in [0.4, 0.5) is 0 Å². The molecule has 3 aromatic rings. The average molecular weight is 375 g/mol. The summed E-state index contributed by atoms with van der Waals surface area (Å²) in [5.74, 6) is -0.190.